The van der Waals surface area contributed by atoms with Crippen molar-refractivity contribution in [3.63, 3.8) is 0 Å². The molecule has 3 rings (SSSR count). The number of carbonyl (C=O) groups excluding carboxylic acids is 1. The van der Waals surface area contributed by atoms with Crippen LogP contribution in [-0.2, 0) is 4.79 Å². The van der Waals surface area contributed by atoms with Crippen molar-refractivity contribution in [2.75, 3.05) is 62.6 Å². The van der Waals surface area contributed by atoms with Gasteiger partial charge in [0.1, 0.15) is 0 Å². The first-order valence-electron chi connectivity index (χ1n) is 9.41. The lowest BCUT2D eigenvalue weighted by atomic mass is 10.1. The number of carbonyl (C=O) groups is 1. The lowest BCUT2D eigenvalue weighted by Gasteiger charge is -2.35. The molecule has 1 amide bonds. The van der Waals surface area contributed by atoms with E-state index in [0.29, 0.717) is 6.54 Å². The van der Waals surface area contributed by atoms with Crippen molar-refractivity contribution in [3.8, 4) is 0 Å². The molecule has 6 nitrogen and oxygen atoms in total. The number of nitrogens with zero attached hydrogens (tertiary/aromatic N) is 3. The van der Waals surface area contributed by atoms with E-state index >= 15 is 0 Å². The van der Waals surface area contributed by atoms with Crippen LogP contribution in [0.3, 0.4) is 0 Å². The van der Waals surface area contributed by atoms with Crippen molar-refractivity contribution in [1.29, 1.82) is 0 Å². The van der Waals surface area contributed by atoms with Gasteiger partial charge in [-0.05, 0) is 43.7 Å². The minimum Gasteiger partial charge on any atom is -0.393 e. The Morgan fingerprint density at radius 2 is 1.68 bits per heavy atom. The third kappa shape index (κ3) is 5.17. The summed E-state index contributed by atoms with van der Waals surface area (Å²) in [6.45, 7) is 9.63. The van der Waals surface area contributed by atoms with Gasteiger partial charge in [-0.15, -0.1) is 0 Å². The van der Waals surface area contributed by atoms with Gasteiger partial charge in [0, 0.05) is 50.6 Å². The first kappa shape index (κ1) is 18.2. The molecule has 2 heterocycles. The number of benzene rings is 1. The number of amides is 1. The molecule has 0 aromatic heterocycles. The molecular weight excluding hydrogens is 316 g/mol. The minimum atomic E-state index is -0.203. The highest BCUT2D eigenvalue weighted by atomic mass is 16.3. The number of hydrogen-bond acceptors (Lipinski definition) is 5. The second-order valence-corrected chi connectivity index (χ2v) is 7.02. The standard InChI is InChI=1S/C19H30N4O2/c1-2-21-11-13-23(14-12-21)17-5-3-16(4-6-17)20-19(25)15-22-9-7-18(24)8-10-22/h3-6,18,24H,2,7-15H2,1H3,(H,20,25). The van der Waals surface area contributed by atoms with Crippen molar-refractivity contribution in [3.05, 3.63) is 24.3 Å². The van der Waals surface area contributed by atoms with Crippen molar-refractivity contribution in [2.24, 2.45) is 0 Å². The molecule has 0 bridgehead atoms. The molecule has 25 heavy (non-hydrogen) atoms. The molecule has 0 aliphatic carbocycles. The Morgan fingerprint density at radius 1 is 1.04 bits per heavy atom. The van der Waals surface area contributed by atoms with Crippen LogP contribution in [-0.4, -0.2) is 79.3 Å². The van der Waals surface area contributed by atoms with E-state index in [1.165, 1.54) is 5.69 Å². The predicted molar refractivity (Wildman–Crippen MR) is 101 cm³/mol. The number of aliphatic hydroxyl groups is 1. The van der Waals surface area contributed by atoms with Crippen LogP contribution in [0.1, 0.15) is 19.8 Å². The van der Waals surface area contributed by atoms with Crippen LogP contribution in [0, 0.1) is 0 Å². The van der Waals surface area contributed by atoms with Gasteiger partial charge in [-0.1, -0.05) is 6.92 Å². The quantitative estimate of drug-likeness (QED) is 0.840. The molecule has 0 unspecified atom stereocenters. The van der Waals surface area contributed by atoms with Gasteiger partial charge in [-0.25, -0.2) is 0 Å². The summed E-state index contributed by atoms with van der Waals surface area (Å²) in [6, 6.07) is 8.15. The zero-order chi connectivity index (χ0) is 17.6. The van der Waals surface area contributed by atoms with E-state index < -0.39 is 0 Å². The monoisotopic (exact) mass is 346 g/mol. The molecule has 2 N–H and O–H groups in total. The Morgan fingerprint density at radius 3 is 2.28 bits per heavy atom. The molecule has 2 aliphatic rings. The van der Waals surface area contributed by atoms with Gasteiger partial charge in [0.2, 0.25) is 5.91 Å². The summed E-state index contributed by atoms with van der Waals surface area (Å²) < 4.78 is 0. The van der Waals surface area contributed by atoms with E-state index in [2.05, 4.69) is 39.1 Å². The molecule has 0 spiro atoms. The summed E-state index contributed by atoms with van der Waals surface area (Å²) in [5.74, 6) is 0.0145. The van der Waals surface area contributed by atoms with E-state index in [1.54, 1.807) is 0 Å². The van der Waals surface area contributed by atoms with Gasteiger partial charge in [-0.2, -0.15) is 0 Å². The second kappa shape index (κ2) is 8.65. The summed E-state index contributed by atoms with van der Waals surface area (Å²) >= 11 is 0. The van der Waals surface area contributed by atoms with Crippen LogP contribution in [0.5, 0.6) is 0 Å². The SMILES string of the molecule is CCN1CCN(c2ccc(NC(=O)CN3CCC(O)CC3)cc2)CC1. The third-order valence-electron chi connectivity index (χ3n) is 5.26. The summed E-state index contributed by atoms with van der Waals surface area (Å²) in [6.07, 6.45) is 1.31. The Balaban J connectivity index is 1.46. The highest BCUT2D eigenvalue weighted by molar-refractivity contribution is 5.92. The first-order valence-corrected chi connectivity index (χ1v) is 9.41. The maximum absolute atomic E-state index is 12.2. The number of anilines is 2. The molecule has 138 valence electrons. The zero-order valence-corrected chi connectivity index (χ0v) is 15.2. The van der Waals surface area contributed by atoms with Crippen LogP contribution in [0.2, 0.25) is 0 Å². The lowest BCUT2D eigenvalue weighted by Crippen LogP contribution is -2.46. The predicted octanol–water partition coefficient (Wildman–Crippen LogP) is 1.22. The average Bonchev–Trinajstić information content (AvgIpc) is 2.64. The van der Waals surface area contributed by atoms with Crippen LogP contribution < -0.4 is 10.2 Å². The number of hydrogen-bond donors (Lipinski definition) is 2. The molecular formula is C19H30N4O2. The highest BCUT2D eigenvalue weighted by Crippen LogP contribution is 2.19. The van der Waals surface area contributed by atoms with E-state index in [0.717, 1.165) is 64.3 Å². The second-order valence-electron chi connectivity index (χ2n) is 7.02. The van der Waals surface area contributed by atoms with Crippen LogP contribution in [0.15, 0.2) is 24.3 Å². The van der Waals surface area contributed by atoms with Crippen LogP contribution >= 0.6 is 0 Å². The number of likely N-dealkylation sites (N-methyl/N-ethyl adjacent to an activating group) is 1. The fraction of sp³-hybridized carbons (Fsp3) is 0.632. The van der Waals surface area contributed by atoms with Crippen LogP contribution in [0.25, 0.3) is 0 Å². The number of piperidine rings is 1. The van der Waals surface area contributed by atoms with Gasteiger partial charge in [0.25, 0.3) is 0 Å². The molecule has 1 aromatic carbocycles. The van der Waals surface area contributed by atoms with Crippen molar-refractivity contribution >= 4 is 17.3 Å². The Bertz CT molecular complexity index is 547. The summed E-state index contributed by atoms with van der Waals surface area (Å²) in [5, 5.41) is 12.5. The highest BCUT2D eigenvalue weighted by Gasteiger charge is 2.19. The third-order valence-corrected chi connectivity index (χ3v) is 5.26. The molecule has 0 saturated carbocycles. The number of rotatable bonds is 5. The molecule has 2 fully saturated rings. The molecule has 1 aromatic rings. The van der Waals surface area contributed by atoms with E-state index in [1.807, 2.05) is 12.1 Å². The maximum atomic E-state index is 12.2. The van der Waals surface area contributed by atoms with Gasteiger partial charge >= 0.3 is 0 Å². The van der Waals surface area contributed by atoms with Crippen LogP contribution in [0.4, 0.5) is 11.4 Å². The van der Waals surface area contributed by atoms with Gasteiger partial charge < -0.3 is 20.2 Å². The number of piperazine rings is 1. The molecule has 0 radical (unpaired) electrons. The fourth-order valence-corrected chi connectivity index (χ4v) is 3.56. The first-order chi connectivity index (χ1) is 12.1. The van der Waals surface area contributed by atoms with Gasteiger partial charge in [-0.3, -0.25) is 9.69 Å². The molecule has 2 aliphatic heterocycles. The molecule has 2 saturated heterocycles. The number of nitrogens with one attached hydrogen (secondary N) is 1. The Kier molecular flexibility index (Phi) is 6.29. The number of likely N-dealkylation sites (tertiary alicyclic amines) is 1. The summed E-state index contributed by atoms with van der Waals surface area (Å²) in [5.41, 5.74) is 2.07. The van der Waals surface area contributed by atoms with Gasteiger partial charge in [0.05, 0.1) is 12.6 Å². The zero-order valence-electron chi connectivity index (χ0n) is 15.2. The van der Waals surface area contributed by atoms with E-state index in [-0.39, 0.29) is 12.0 Å². The van der Waals surface area contributed by atoms with Crippen molar-refractivity contribution in [1.82, 2.24) is 9.80 Å². The molecule has 6 heteroatoms. The summed E-state index contributed by atoms with van der Waals surface area (Å²) in [7, 11) is 0. The van der Waals surface area contributed by atoms with Crippen molar-refractivity contribution < 1.29 is 9.90 Å². The Hall–Kier alpha value is -1.63. The van der Waals surface area contributed by atoms with Gasteiger partial charge in [0.15, 0.2) is 0 Å². The largest absolute Gasteiger partial charge is 0.393 e. The molecule has 0 atom stereocenters. The maximum Gasteiger partial charge on any atom is 0.238 e. The van der Waals surface area contributed by atoms with E-state index in [9.17, 15) is 9.90 Å². The lowest BCUT2D eigenvalue weighted by molar-refractivity contribution is -0.117. The van der Waals surface area contributed by atoms with E-state index in [4.69, 9.17) is 0 Å². The Labute approximate surface area is 150 Å². The fourth-order valence-electron chi connectivity index (χ4n) is 3.56. The normalized spacial score (nSPS) is 20.6. The number of aliphatic hydroxyl groups excluding tert-OH is 1. The minimum absolute atomic E-state index is 0.0145. The topological polar surface area (TPSA) is 59.0 Å². The van der Waals surface area contributed by atoms with Crippen molar-refractivity contribution in [2.45, 2.75) is 25.9 Å². The summed E-state index contributed by atoms with van der Waals surface area (Å²) in [4.78, 5) is 19.2. The average molecular weight is 346 g/mol. The smallest absolute Gasteiger partial charge is 0.238 e.